The van der Waals surface area contributed by atoms with Gasteiger partial charge in [-0.2, -0.15) is 0 Å². The van der Waals surface area contributed by atoms with Crippen LogP contribution in [0.4, 0.5) is 0 Å². The number of nitrogens with zero attached hydrogens (tertiary/aromatic N) is 1. The van der Waals surface area contributed by atoms with Crippen molar-refractivity contribution in [1.29, 1.82) is 0 Å². The van der Waals surface area contributed by atoms with E-state index in [2.05, 4.69) is 25.7 Å². The van der Waals surface area contributed by atoms with Crippen LogP contribution in [-0.2, 0) is 0 Å². The van der Waals surface area contributed by atoms with Crippen molar-refractivity contribution in [2.24, 2.45) is 17.1 Å². The molecule has 0 aromatic carbocycles. The molecule has 0 spiro atoms. The predicted molar refractivity (Wildman–Crippen MR) is 59.1 cm³/mol. The van der Waals surface area contributed by atoms with Gasteiger partial charge in [0.2, 0.25) is 0 Å². The Labute approximate surface area is 87.3 Å². The summed E-state index contributed by atoms with van der Waals surface area (Å²) in [6.45, 7) is 10.3. The minimum absolute atomic E-state index is 0.0343. The van der Waals surface area contributed by atoms with Crippen LogP contribution in [0.1, 0.15) is 27.2 Å². The third kappa shape index (κ3) is 2.94. The fourth-order valence-corrected chi connectivity index (χ4v) is 2.13. The molecular formula is C11H24N2O. The zero-order valence-electron chi connectivity index (χ0n) is 9.66. The van der Waals surface area contributed by atoms with Crippen LogP contribution in [0, 0.1) is 11.3 Å². The highest BCUT2D eigenvalue weighted by atomic mass is 16.3. The summed E-state index contributed by atoms with van der Waals surface area (Å²) >= 11 is 0. The van der Waals surface area contributed by atoms with Crippen molar-refractivity contribution in [1.82, 2.24) is 4.90 Å². The molecule has 3 heteroatoms. The molecule has 0 aromatic heterocycles. The third-order valence-corrected chi connectivity index (χ3v) is 3.22. The van der Waals surface area contributed by atoms with Gasteiger partial charge in [0.15, 0.2) is 0 Å². The molecule has 0 radical (unpaired) electrons. The zero-order chi connectivity index (χ0) is 10.8. The van der Waals surface area contributed by atoms with Crippen LogP contribution in [0.5, 0.6) is 0 Å². The van der Waals surface area contributed by atoms with Crippen LogP contribution in [-0.4, -0.2) is 42.3 Å². The van der Waals surface area contributed by atoms with Crippen molar-refractivity contribution in [2.45, 2.75) is 33.3 Å². The van der Waals surface area contributed by atoms with Gasteiger partial charge in [0.25, 0.3) is 0 Å². The van der Waals surface area contributed by atoms with E-state index in [1.165, 1.54) is 0 Å². The minimum Gasteiger partial charge on any atom is -0.392 e. The van der Waals surface area contributed by atoms with Gasteiger partial charge in [0.05, 0.1) is 6.10 Å². The second-order valence-corrected chi connectivity index (χ2v) is 5.37. The molecule has 1 heterocycles. The molecule has 1 fully saturated rings. The van der Waals surface area contributed by atoms with E-state index in [1.54, 1.807) is 0 Å². The lowest BCUT2D eigenvalue weighted by Gasteiger charge is -2.42. The Hall–Kier alpha value is -0.120. The molecule has 2 unspecified atom stereocenters. The Kier molecular flexibility index (Phi) is 3.93. The molecule has 1 aliphatic rings. The number of likely N-dealkylation sites (tertiary alicyclic amines) is 1. The first kappa shape index (κ1) is 12.0. The predicted octanol–water partition coefficient (Wildman–Crippen LogP) is 0.674. The number of nitrogens with two attached hydrogens (primary N) is 1. The smallest absolute Gasteiger partial charge is 0.0615 e. The van der Waals surface area contributed by atoms with Crippen LogP contribution in [0.3, 0.4) is 0 Å². The molecule has 0 amide bonds. The van der Waals surface area contributed by atoms with Crippen molar-refractivity contribution < 1.29 is 5.11 Å². The van der Waals surface area contributed by atoms with Gasteiger partial charge in [0, 0.05) is 25.0 Å². The average molecular weight is 200 g/mol. The molecule has 0 saturated carbocycles. The van der Waals surface area contributed by atoms with E-state index in [9.17, 15) is 5.11 Å². The summed E-state index contributed by atoms with van der Waals surface area (Å²) in [5, 5.41) is 9.79. The van der Waals surface area contributed by atoms with Gasteiger partial charge >= 0.3 is 0 Å². The monoisotopic (exact) mass is 200 g/mol. The molecule has 1 rings (SSSR count). The highest BCUT2D eigenvalue weighted by molar-refractivity contribution is 4.87. The van der Waals surface area contributed by atoms with Crippen LogP contribution in [0.25, 0.3) is 0 Å². The molecule has 14 heavy (non-hydrogen) atoms. The van der Waals surface area contributed by atoms with E-state index >= 15 is 0 Å². The van der Waals surface area contributed by atoms with E-state index in [1.807, 2.05) is 0 Å². The largest absolute Gasteiger partial charge is 0.392 e. The first-order chi connectivity index (χ1) is 6.45. The molecule has 0 aromatic rings. The maximum Gasteiger partial charge on any atom is 0.0615 e. The average Bonchev–Trinajstić information content (AvgIpc) is 2.11. The Morgan fingerprint density at radius 3 is 2.71 bits per heavy atom. The van der Waals surface area contributed by atoms with Gasteiger partial charge in [-0.1, -0.05) is 20.8 Å². The summed E-state index contributed by atoms with van der Waals surface area (Å²) < 4.78 is 0. The lowest BCUT2D eigenvalue weighted by atomic mass is 9.81. The second-order valence-electron chi connectivity index (χ2n) is 5.37. The lowest BCUT2D eigenvalue weighted by molar-refractivity contribution is -0.0276. The summed E-state index contributed by atoms with van der Waals surface area (Å²) in [4.78, 5) is 2.42. The Morgan fingerprint density at radius 1 is 1.57 bits per heavy atom. The molecule has 1 aliphatic heterocycles. The molecule has 3 N–H and O–H groups in total. The summed E-state index contributed by atoms with van der Waals surface area (Å²) in [5.41, 5.74) is 5.64. The molecule has 0 bridgehead atoms. The van der Waals surface area contributed by atoms with Crippen molar-refractivity contribution in [3.63, 3.8) is 0 Å². The molecule has 0 aliphatic carbocycles. The van der Waals surface area contributed by atoms with Gasteiger partial charge in [-0.3, -0.25) is 0 Å². The summed E-state index contributed by atoms with van der Waals surface area (Å²) in [7, 11) is 0. The Balaban J connectivity index is 2.43. The number of aliphatic hydroxyl groups is 1. The van der Waals surface area contributed by atoms with Crippen molar-refractivity contribution in [3.8, 4) is 0 Å². The van der Waals surface area contributed by atoms with E-state index < -0.39 is 0 Å². The van der Waals surface area contributed by atoms with Gasteiger partial charge in [0.1, 0.15) is 0 Å². The number of piperidine rings is 1. The van der Waals surface area contributed by atoms with Crippen molar-refractivity contribution in [2.75, 3.05) is 26.2 Å². The number of hydrogen-bond donors (Lipinski definition) is 2. The quantitative estimate of drug-likeness (QED) is 0.704. The normalized spacial score (nSPS) is 30.2. The highest BCUT2D eigenvalue weighted by Crippen LogP contribution is 2.29. The lowest BCUT2D eigenvalue weighted by Crippen LogP contribution is -2.50. The van der Waals surface area contributed by atoms with Crippen molar-refractivity contribution in [3.05, 3.63) is 0 Å². The first-order valence-corrected chi connectivity index (χ1v) is 5.56. The molecular weight excluding hydrogens is 176 g/mol. The van der Waals surface area contributed by atoms with Crippen molar-refractivity contribution >= 4 is 0 Å². The summed E-state index contributed by atoms with van der Waals surface area (Å²) in [6.07, 6.45) is 0.747. The number of hydrogen-bond acceptors (Lipinski definition) is 3. The van der Waals surface area contributed by atoms with Crippen LogP contribution >= 0.6 is 0 Å². The van der Waals surface area contributed by atoms with Gasteiger partial charge in [-0.15, -0.1) is 0 Å². The zero-order valence-corrected chi connectivity index (χ0v) is 9.66. The minimum atomic E-state index is -0.146. The maximum absolute atomic E-state index is 9.79. The van der Waals surface area contributed by atoms with E-state index in [0.29, 0.717) is 5.92 Å². The Morgan fingerprint density at radius 2 is 2.21 bits per heavy atom. The van der Waals surface area contributed by atoms with Gasteiger partial charge in [-0.25, -0.2) is 0 Å². The second kappa shape index (κ2) is 4.60. The fourth-order valence-electron chi connectivity index (χ4n) is 2.13. The van der Waals surface area contributed by atoms with Crippen LogP contribution < -0.4 is 5.73 Å². The fraction of sp³-hybridized carbons (Fsp3) is 1.00. The van der Waals surface area contributed by atoms with Crippen LogP contribution in [0.15, 0.2) is 0 Å². The molecule has 3 nitrogen and oxygen atoms in total. The molecule has 2 atom stereocenters. The Bertz CT molecular complexity index is 182. The molecule has 84 valence electrons. The van der Waals surface area contributed by atoms with E-state index in [-0.39, 0.29) is 11.5 Å². The first-order valence-electron chi connectivity index (χ1n) is 5.56. The summed E-state index contributed by atoms with van der Waals surface area (Å²) in [5.74, 6) is 0.557. The molecule has 1 saturated heterocycles. The highest BCUT2D eigenvalue weighted by Gasteiger charge is 2.34. The third-order valence-electron chi connectivity index (χ3n) is 3.22. The van der Waals surface area contributed by atoms with E-state index in [4.69, 9.17) is 5.73 Å². The maximum atomic E-state index is 9.79. The summed E-state index contributed by atoms with van der Waals surface area (Å²) in [6, 6.07) is 0. The SMILES string of the molecule is CC(CN)CN1CCC(O)C(C)(C)C1. The van der Waals surface area contributed by atoms with Gasteiger partial charge < -0.3 is 15.7 Å². The topological polar surface area (TPSA) is 49.5 Å². The standard InChI is InChI=1S/C11H24N2O/c1-9(6-12)7-13-5-4-10(14)11(2,3)8-13/h9-10,14H,4-8,12H2,1-3H3. The number of rotatable bonds is 3. The number of aliphatic hydroxyl groups excluding tert-OH is 1. The van der Waals surface area contributed by atoms with E-state index in [0.717, 1.165) is 32.6 Å². The van der Waals surface area contributed by atoms with Crippen LogP contribution in [0.2, 0.25) is 0 Å². The van der Waals surface area contributed by atoms with Gasteiger partial charge in [-0.05, 0) is 18.9 Å².